The standard InChI is InChI=1S/C8H10BrNO4S/c1-2-4(11)7-8(9)15(13,14)6-3-5(12)10(6)7/h6-8H,2-3H2,1H3/t6-,7?,8?/m1/s1. The number of sulfone groups is 1. The molecule has 0 aliphatic carbocycles. The van der Waals surface area contributed by atoms with Crippen LogP contribution in [0.3, 0.4) is 0 Å². The first kappa shape index (κ1) is 11.1. The fourth-order valence-corrected chi connectivity index (χ4v) is 5.16. The highest BCUT2D eigenvalue weighted by molar-refractivity contribution is 9.11. The number of nitrogens with zero attached hydrogens (tertiary/aromatic N) is 1. The van der Waals surface area contributed by atoms with Crippen LogP contribution in [0.15, 0.2) is 0 Å². The smallest absolute Gasteiger partial charge is 0.227 e. The van der Waals surface area contributed by atoms with Crippen LogP contribution < -0.4 is 0 Å². The lowest BCUT2D eigenvalue weighted by molar-refractivity contribution is -0.147. The highest BCUT2D eigenvalue weighted by Crippen LogP contribution is 2.42. The van der Waals surface area contributed by atoms with Gasteiger partial charge in [-0.25, -0.2) is 8.42 Å². The Morgan fingerprint density at radius 1 is 1.60 bits per heavy atom. The van der Waals surface area contributed by atoms with Crippen molar-refractivity contribution < 1.29 is 18.0 Å². The van der Waals surface area contributed by atoms with Crippen LogP contribution in [0.25, 0.3) is 0 Å². The zero-order chi connectivity index (χ0) is 11.4. The monoisotopic (exact) mass is 295 g/mol. The molecule has 1 amide bonds. The molecular weight excluding hydrogens is 286 g/mol. The fraction of sp³-hybridized carbons (Fsp3) is 0.750. The Kier molecular flexibility index (Phi) is 2.42. The van der Waals surface area contributed by atoms with Gasteiger partial charge < -0.3 is 4.90 Å². The maximum Gasteiger partial charge on any atom is 0.227 e. The molecule has 0 aromatic heterocycles. The minimum atomic E-state index is -3.40. The Balaban J connectivity index is 2.41. The zero-order valence-corrected chi connectivity index (χ0v) is 10.4. The summed E-state index contributed by atoms with van der Waals surface area (Å²) in [7, 11) is -3.40. The summed E-state index contributed by atoms with van der Waals surface area (Å²) in [4.78, 5) is 24.0. The van der Waals surface area contributed by atoms with Crippen LogP contribution in [0.4, 0.5) is 0 Å². The molecule has 0 aromatic rings. The van der Waals surface area contributed by atoms with E-state index in [1.807, 2.05) is 0 Å². The summed E-state index contributed by atoms with van der Waals surface area (Å²) in [6.45, 7) is 1.66. The van der Waals surface area contributed by atoms with Crippen LogP contribution in [-0.2, 0) is 19.4 Å². The Bertz CT molecular complexity index is 432. The van der Waals surface area contributed by atoms with E-state index in [1.54, 1.807) is 6.92 Å². The van der Waals surface area contributed by atoms with Crippen molar-refractivity contribution in [3.8, 4) is 0 Å². The molecule has 2 heterocycles. The van der Waals surface area contributed by atoms with Gasteiger partial charge in [0.1, 0.15) is 15.6 Å². The predicted octanol–water partition coefficient (Wildman–Crippen LogP) is 0.0419. The molecule has 84 valence electrons. The van der Waals surface area contributed by atoms with Crippen molar-refractivity contribution in [3.63, 3.8) is 0 Å². The van der Waals surface area contributed by atoms with Crippen LogP contribution in [0.1, 0.15) is 19.8 Å². The number of halogens is 1. The first-order valence-corrected chi connectivity index (χ1v) is 7.14. The van der Waals surface area contributed by atoms with Crippen LogP contribution in [0.5, 0.6) is 0 Å². The number of carbonyl (C=O) groups is 2. The minimum absolute atomic E-state index is 0.0118. The summed E-state index contributed by atoms with van der Waals surface area (Å²) >= 11 is 3.01. The molecule has 15 heavy (non-hydrogen) atoms. The number of Topliss-reactive ketones (excluding diaryl/α,β-unsaturated/α-hetero) is 1. The Morgan fingerprint density at radius 2 is 2.20 bits per heavy atom. The van der Waals surface area contributed by atoms with Gasteiger partial charge in [-0.3, -0.25) is 9.59 Å². The highest BCUT2D eigenvalue weighted by Gasteiger charge is 2.62. The van der Waals surface area contributed by atoms with Gasteiger partial charge in [0.25, 0.3) is 0 Å². The van der Waals surface area contributed by atoms with Crippen molar-refractivity contribution in [2.75, 3.05) is 0 Å². The van der Waals surface area contributed by atoms with Gasteiger partial charge in [-0.15, -0.1) is 0 Å². The van der Waals surface area contributed by atoms with Crippen molar-refractivity contribution in [3.05, 3.63) is 0 Å². The topological polar surface area (TPSA) is 71.5 Å². The molecule has 7 heteroatoms. The van der Waals surface area contributed by atoms with Crippen molar-refractivity contribution in [1.82, 2.24) is 4.90 Å². The van der Waals surface area contributed by atoms with E-state index in [0.29, 0.717) is 0 Å². The molecule has 2 unspecified atom stereocenters. The number of rotatable bonds is 2. The number of hydrogen-bond donors (Lipinski definition) is 0. The summed E-state index contributed by atoms with van der Waals surface area (Å²) in [5.41, 5.74) is 0. The normalized spacial score (nSPS) is 37.3. The van der Waals surface area contributed by atoms with Crippen LogP contribution >= 0.6 is 15.9 Å². The second-order valence-corrected chi connectivity index (χ2v) is 7.49. The Labute approximate surface area is 95.9 Å². The number of hydrogen-bond acceptors (Lipinski definition) is 4. The fourth-order valence-electron chi connectivity index (χ4n) is 1.98. The van der Waals surface area contributed by atoms with E-state index in [0.717, 1.165) is 0 Å². The maximum atomic E-state index is 11.7. The van der Waals surface area contributed by atoms with Gasteiger partial charge in [0.2, 0.25) is 5.91 Å². The molecule has 0 radical (unpaired) electrons. The summed E-state index contributed by atoms with van der Waals surface area (Å²) in [6, 6.07) is -0.828. The van der Waals surface area contributed by atoms with Gasteiger partial charge in [-0.05, 0) is 0 Å². The molecule has 0 N–H and O–H groups in total. The van der Waals surface area contributed by atoms with Gasteiger partial charge in [0.05, 0.1) is 6.42 Å². The van der Waals surface area contributed by atoms with Gasteiger partial charge in [0, 0.05) is 6.42 Å². The second-order valence-electron chi connectivity index (χ2n) is 3.66. The molecule has 2 aliphatic heterocycles. The van der Waals surface area contributed by atoms with Crippen molar-refractivity contribution in [2.24, 2.45) is 0 Å². The lowest BCUT2D eigenvalue weighted by Crippen LogP contribution is -2.55. The molecule has 2 rings (SSSR count). The van der Waals surface area contributed by atoms with Crippen LogP contribution in [0.2, 0.25) is 0 Å². The van der Waals surface area contributed by atoms with E-state index in [-0.39, 0.29) is 24.5 Å². The molecule has 2 aliphatic rings. The Hall–Kier alpha value is -0.430. The number of carbonyl (C=O) groups excluding carboxylic acids is 2. The average Bonchev–Trinajstić information content (AvgIpc) is 2.34. The third-order valence-electron chi connectivity index (χ3n) is 2.87. The number of fused-ring (bicyclic) bond motifs is 1. The van der Waals surface area contributed by atoms with E-state index in [9.17, 15) is 18.0 Å². The molecule has 0 aromatic carbocycles. The van der Waals surface area contributed by atoms with E-state index in [1.165, 1.54) is 4.90 Å². The lowest BCUT2D eigenvalue weighted by Gasteiger charge is -2.35. The molecule has 0 bridgehead atoms. The van der Waals surface area contributed by atoms with Gasteiger partial charge in [-0.1, -0.05) is 22.9 Å². The van der Waals surface area contributed by atoms with E-state index >= 15 is 0 Å². The van der Waals surface area contributed by atoms with Gasteiger partial charge in [0.15, 0.2) is 15.6 Å². The lowest BCUT2D eigenvalue weighted by atomic mass is 10.1. The summed E-state index contributed by atoms with van der Waals surface area (Å²) in [5, 5.41) is -0.783. The first-order valence-electron chi connectivity index (χ1n) is 4.62. The SMILES string of the molecule is CCC(=O)C1C(Br)S(=O)(=O)[C@@H]2CC(=O)N12. The number of β-lactam (4-membered cyclic amide) rings is 1. The summed E-state index contributed by atoms with van der Waals surface area (Å²) < 4.78 is 22.5. The van der Waals surface area contributed by atoms with Crippen LogP contribution in [-0.4, -0.2) is 40.6 Å². The van der Waals surface area contributed by atoms with E-state index in [4.69, 9.17) is 0 Å². The summed E-state index contributed by atoms with van der Waals surface area (Å²) in [5.74, 6) is -0.465. The third kappa shape index (κ3) is 1.29. The molecule has 0 saturated carbocycles. The maximum absolute atomic E-state index is 11.7. The average molecular weight is 296 g/mol. The van der Waals surface area contributed by atoms with Crippen molar-refractivity contribution in [2.45, 2.75) is 35.3 Å². The third-order valence-corrected chi connectivity index (χ3v) is 6.97. The van der Waals surface area contributed by atoms with E-state index < -0.39 is 25.4 Å². The quantitative estimate of drug-likeness (QED) is 0.533. The zero-order valence-electron chi connectivity index (χ0n) is 8.01. The molecule has 0 spiro atoms. The minimum Gasteiger partial charge on any atom is -0.313 e. The molecule has 3 atom stereocenters. The second kappa shape index (κ2) is 3.28. The summed E-state index contributed by atoms with van der Waals surface area (Å²) in [6.07, 6.45) is 0.247. The Morgan fingerprint density at radius 3 is 2.67 bits per heavy atom. The van der Waals surface area contributed by atoms with Crippen molar-refractivity contribution >= 4 is 37.5 Å². The molecule has 5 nitrogen and oxygen atoms in total. The predicted molar refractivity (Wildman–Crippen MR) is 56.0 cm³/mol. The van der Waals surface area contributed by atoms with Crippen LogP contribution in [0, 0.1) is 0 Å². The van der Waals surface area contributed by atoms with Gasteiger partial charge in [-0.2, -0.15) is 0 Å². The van der Waals surface area contributed by atoms with E-state index in [2.05, 4.69) is 15.9 Å². The largest absolute Gasteiger partial charge is 0.313 e. The van der Waals surface area contributed by atoms with Gasteiger partial charge >= 0.3 is 0 Å². The molecule has 2 fully saturated rings. The highest BCUT2D eigenvalue weighted by atomic mass is 79.9. The first-order chi connectivity index (χ1) is 6.91. The number of alkyl halides is 1. The number of amides is 1. The van der Waals surface area contributed by atoms with Crippen molar-refractivity contribution in [1.29, 1.82) is 0 Å². The molecule has 2 saturated heterocycles. The number of ketones is 1. The molecular formula is C8H10BrNO4S.